The Morgan fingerprint density at radius 3 is 2.56 bits per heavy atom. The van der Waals surface area contributed by atoms with Gasteiger partial charge in [0.2, 0.25) is 0 Å². The maximum atomic E-state index is 12.7. The third-order valence-electron chi connectivity index (χ3n) is 5.47. The van der Waals surface area contributed by atoms with Crippen LogP contribution in [0, 0.1) is 0 Å². The van der Waals surface area contributed by atoms with Crippen molar-refractivity contribution in [2.75, 3.05) is 26.3 Å². The van der Waals surface area contributed by atoms with Gasteiger partial charge < -0.3 is 15.0 Å². The van der Waals surface area contributed by atoms with Crippen LogP contribution in [0.3, 0.4) is 0 Å². The van der Waals surface area contributed by atoms with E-state index in [2.05, 4.69) is 15.2 Å². The highest BCUT2D eigenvalue weighted by molar-refractivity contribution is 5.94. The second-order valence-corrected chi connectivity index (χ2v) is 7.26. The number of carbonyl (C=O) groups is 1. The number of nitrogens with zero attached hydrogens (tertiary/aromatic N) is 1. The number of hydrogen-bond acceptors (Lipinski definition) is 4. The van der Waals surface area contributed by atoms with Gasteiger partial charge in [-0.3, -0.25) is 14.5 Å². The molecule has 0 saturated carbocycles. The lowest BCUT2D eigenvalue weighted by Crippen LogP contribution is -2.52. The summed E-state index contributed by atoms with van der Waals surface area (Å²) in [5, 5.41) is 3.02. The van der Waals surface area contributed by atoms with Crippen LogP contribution in [0.25, 0.3) is 11.3 Å². The molecule has 0 unspecified atom stereocenters. The van der Waals surface area contributed by atoms with Gasteiger partial charge in [-0.05, 0) is 43.6 Å². The fraction of sp³-hybridized carbons (Fsp3) is 0.429. The van der Waals surface area contributed by atoms with E-state index in [1.54, 1.807) is 12.1 Å². The van der Waals surface area contributed by atoms with Gasteiger partial charge in [-0.15, -0.1) is 0 Å². The summed E-state index contributed by atoms with van der Waals surface area (Å²) in [5.41, 5.74) is 1.38. The molecule has 6 nitrogen and oxygen atoms in total. The molecule has 1 amide bonds. The summed E-state index contributed by atoms with van der Waals surface area (Å²) in [6, 6.07) is 13.1. The molecule has 2 aliphatic rings. The monoisotopic (exact) mass is 367 g/mol. The molecule has 4 rings (SSSR count). The number of piperidine rings is 1. The average molecular weight is 367 g/mol. The Hall–Kier alpha value is -2.44. The van der Waals surface area contributed by atoms with E-state index in [0.29, 0.717) is 18.9 Å². The van der Waals surface area contributed by atoms with Crippen molar-refractivity contribution in [2.24, 2.45) is 0 Å². The number of carbonyl (C=O) groups excluding carboxylic acids is 1. The first kappa shape index (κ1) is 17.9. The van der Waals surface area contributed by atoms with Crippen molar-refractivity contribution in [1.29, 1.82) is 0 Å². The molecule has 2 atom stereocenters. The zero-order valence-corrected chi connectivity index (χ0v) is 15.3. The van der Waals surface area contributed by atoms with E-state index in [0.717, 1.165) is 18.7 Å². The van der Waals surface area contributed by atoms with Gasteiger partial charge in [-0.2, -0.15) is 0 Å². The molecule has 2 aromatic rings. The molecule has 2 saturated heterocycles. The highest BCUT2D eigenvalue weighted by atomic mass is 16.5. The molecular formula is C21H25N3O3. The second kappa shape index (κ2) is 8.06. The van der Waals surface area contributed by atoms with Crippen LogP contribution in [0.1, 0.15) is 29.6 Å². The fourth-order valence-electron chi connectivity index (χ4n) is 3.98. The molecule has 0 spiro atoms. The van der Waals surface area contributed by atoms with Gasteiger partial charge in [0.05, 0.1) is 25.3 Å². The molecule has 0 radical (unpaired) electrons. The number of aromatic amines is 1. The minimum atomic E-state index is -0.373. The van der Waals surface area contributed by atoms with Crippen molar-refractivity contribution in [2.45, 2.75) is 31.3 Å². The number of amides is 1. The van der Waals surface area contributed by atoms with Crippen molar-refractivity contribution in [3.63, 3.8) is 0 Å². The van der Waals surface area contributed by atoms with Crippen LogP contribution in [0.2, 0.25) is 0 Å². The average Bonchev–Trinajstić information content (AvgIpc) is 3.17. The van der Waals surface area contributed by atoms with Crippen LogP contribution in [-0.4, -0.2) is 54.2 Å². The summed E-state index contributed by atoms with van der Waals surface area (Å²) in [5.74, 6) is -0.339. The number of pyridine rings is 1. The van der Waals surface area contributed by atoms with Crippen molar-refractivity contribution in [1.82, 2.24) is 15.2 Å². The zero-order chi connectivity index (χ0) is 18.6. The molecular weight excluding hydrogens is 342 g/mol. The number of nitrogens with one attached hydrogen (secondary N) is 2. The SMILES string of the molecule is O=C(N[C@H]1COC[C@@H]1N1CCCCC1)c1ccc(-c2ccccc2)[nH]c1=O. The summed E-state index contributed by atoms with van der Waals surface area (Å²) in [7, 11) is 0. The van der Waals surface area contributed by atoms with Crippen molar-refractivity contribution >= 4 is 5.91 Å². The Morgan fingerprint density at radius 2 is 1.81 bits per heavy atom. The number of benzene rings is 1. The van der Waals surface area contributed by atoms with Crippen LogP contribution in [-0.2, 0) is 4.74 Å². The lowest BCUT2D eigenvalue weighted by atomic mass is 10.0. The normalized spacial score (nSPS) is 23.3. The molecule has 3 heterocycles. The van der Waals surface area contributed by atoms with E-state index in [4.69, 9.17) is 4.74 Å². The van der Waals surface area contributed by atoms with E-state index in [1.165, 1.54) is 19.3 Å². The molecule has 6 heteroatoms. The summed E-state index contributed by atoms with van der Waals surface area (Å²) >= 11 is 0. The third kappa shape index (κ3) is 3.96. The Kier molecular flexibility index (Phi) is 5.36. The first-order valence-electron chi connectivity index (χ1n) is 9.64. The van der Waals surface area contributed by atoms with Crippen LogP contribution < -0.4 is 10.9 Å². The third-order valence-corrected chi connectivity index (χ3v) is 5.47. The molecule has 2 fully saturated rings. The Morgan fingerprint density at radius 1 is 1.04 bits per heavy atom. The van der Waals surface area contributed by atoms with Gasteiger partial charge in [-0.25, -0.2) is 0 Å². The van der Waals surface area contributed by atoms with Gasteiger partial charge >= 0.3 is 0 Å². The summed E-state index contributed by atoms with van der Waals surface area (Å²) in [6.45, 7) is 3.22. The predicted octanol–water partition coefficient (Wildman–Crippen LogP) is 2.02. The number of aromatic nitrogens is 1. The predicted molar refractivity (Wildman–Crippen MR) is 104 cm³/mol. The van der Waals surface area contributed by atoms with Gasteiger partial charge in [0, 0.05) is 5.69 Å². The van der Waals surface area contributed by atoms with Crippen molar-refractivity contribution in [3.05, 3.63) is 58.4 Å². The lowest BCUT2D eigenvalue weighted by molar-refractivity contribution is 0.0898. The molecule has 2 aliphatic heterocycles. The van der Waals surface area contributed by atoms with Gasteiger partial charge in [0.15, 0.2) is 0 Å². The van der Waals surface area contributed by atoms with Crippen LogP contribution in [0.4, 0.5) is 0 Å². The molecule has 2 N–H and O–H groups in total. The largest absolute Gasteiger partial charge is 0.378 e. The molecule has 0 aliphatic carbocycles. The topological polar surface area (TPSA) is 74.4 Å². The van der Waals surface area contributed by atoms with Gasteiger partial charge in [0.1, 0.15) is 5.56 Å². The Balaban J connectivity index is 1.47. The quantitative estimate of drug-likeness (QED) is 0.867. The van der Waals surface area contributed by atoms with E-state index in [-0.39, 0.29) is 29.1 Å². The molecule has 27 heavy (non-hydrogen) atoms. The van der Waals surface area contributed by atoms with Crippen LogP contribution >= 0.6 is 0 Å². The summed E-state index contributed by atoms with van der Waals surface area (Å²) < 4.78 is 5.62. The zero-order valence-electron chi connectivity index (χ0n) is 15.3. The fourth-order valence-corrected chi connectivity index (χ4v) is 3.98. The smallest absolute Gasteiger partial charge is 0.261 e. The second-order valence-electron chi connectivity index (χ2n) is 7.26. The standard InChI is InChI=1S/C21H25N3O3/c25-20-16(9-10-17(22-20)15-7-3-1-4-8-15)21(26)23-18-13-27-14-19(18)24-11-5-2-6-12-24/h1,3-4,7-10,18-19H,2,5-6,11-14H2,(H,22,25)(H,23,26)/t18-,19-/m0/s1. The first-order chi connectivity index (χ1) is 13.2. The number of rotatable bonds is 4. The van der Waals surface area contributed by atoms with Gasteiger partial charge in [0.25, 0.3) is 11.5 Å². The minimum Gasteiger partial charge on any atom is -0.378 e. The summed E-state index contributed by atoms with van der Waals surface area (Å²) in [6.07, 6.45) is 3.65. The lowest BCUT2D eigenvalue weighted by Gasteiger charge is -2.34. The van der Waals surface area contributed by atoms with E-state index in [1.807, 2.05) is 30.3 Å². The van der Waals surface area contributed by atoms with Gasteiger partial charge in [-0.1, -0.05) is 36.8 Å². The van der Waals surface area contributed by atoms with Crippen molar-refractivity contribution in [3.8, 4) is 11.3 Å². The van der Waals surface area contributed by atoms with Crippen molar-refractivity contribution < 1.29 is 9.53 Å². The minimum absolute atomic E-state index is 0.0798. The van der Waals surface area contributed by atoms with Crippen LogP contribution in [0.5, 0.6) is 0 Å². The highest BCUT2D eigenvalue weighted by Crippen LogP contribution is 2.19. The molecule has 1 aromatic carbocycles. The maximum Gasteiger partial charge on any atom is 0.261 e. The van der Waals surface area contributed by atoms with Crippen LogP contribution in [0.15, 0.2) is 47.3 Å². The number of ether oxygens (including phenoxy) is 1. The Labute approximate surface area is 158 Å². The first-order valence-corrected chi connectivity index (χ1v) is 9.64. The summed E-state index contributed by atoms with van der Waals surface area (Å²) in [4.78, 5) is 30.4. The molecule has 142 valence electrons. The molecule has 1 aromatic heterocycles. The Bertz CT molecular complexity index is 843. The van der Waals surface area contributed by atoms with E-state index >= 15 is 0 Å². The molecule has 0 bridgehead atoms. The maximum absolute atomic E-state index is 12.7. The number of likely N-dealkylation sites (tertiary alicyclic amines) is 1. The van der Waals surface area contributed by atoms with E-state index in [9.17, 15) is 9.59 Å². The number of H-pyrrole nitrogens is 1. The number of hydrogen-bond donors (Lipinski definition) is 2. The highest BCUT2D eigenvalue weighted by Gasteiger charge is 2.35. The van der Waals surface area contributed by atoms with E-state index < -0.39 is 0 Å².